The molecule has 0 aromatic heterocycles. The fourth-order valence-electron chi connectivity index (χ4n) is 2.25. The van der Waals surface area contributed by atoms with Gasteiger partial charge in [-0.05, 0) is 25.2 Å². The second kappa shape index (κ2) is 3.66. The zero-order valence-corrected chi connectivity index (χ0v) is 8.18. The van der Waals surface area contributed by atoms with Crippen LogP contribution in [0.1, 0.15) is 32.6 Å². The molecular weight excluding hydrogens is 164 g/mol. The number of hydrogen-bond acceptors (Lipinski definition) is 2. The van der Waals surface area contributed by atoms with Gasteiger partial charge in [0.15, 0.2) is 0 Å². The molecule has 74 valence electrons. The number of carbonyl (C=O) groups excluding carboxylic acids is 1. The van der Waals surface area contributed by atoms with E-state index in [4.69, 9.17) is 0 Å². The third-order valence-corrected chi connectivity index (χ3v) is 3.11. The molecule has 0 aromatic rings. The van der Waals surface area contributed by atoms with Crippen LogP contribution in [0.15, 0.2) is 0 Å². The summed E-state index contributed by atoms with van der Waals surface area (Å²) in [7, 11) is 0. The van der Waals surface area contributed by atoms with Crippen LogP contribution in [0.3, 0.4) is 0 Å². The van der Waals surface area contributed by atoms with Crippen molar-refractivity contribution in [3.8, 4) is 0 Å². The van der Waals surface area contributed by atoms with Gasteiger partial charge in [0.25, 0.3) is 0 Å². The summed E-state index contributed by atoms with van der Waals surface area (Å²) < 4.78 is 0. The molecule has 1 aliphatic carbocycles. The quantitative estimate of drug-likeness (QED) is 0.658. The van der Waals surface area contributed by atoms with Gasteiger partial charge in [-0.25, -0.2) is 0 Å². The van der Waals surface area contributed by atoms with Gasteiger partial charge < -0.3 is 10.6 Å². The molecule has 1 atom stereocenters. The van der Waals surface area contributed by atoms with Crippen LogP contribution < -0.4 is 10.6 Å². The molecule has 1 amide bonds. The average Bonchev–Trinajstić information content (AvgIpc) is 2.06. The predicted octanol–water partition coefficient (Wildman–Crippen LogP) is 0.653. The lowest BCUT2D eigenvalue weighted by atomic mass is 9.81. The van der Waals surface area contributed by atoms with E-state index < -0.39 is 0 Å². The Bertz CT molecular complexity index is 189. The average molecular weight is 182 g/mol. The molecule has 1 heterocycles. The van der Waals surface area contributed by atoms with Crippen LogP contribution in [-0.2, 0) is 4.79 Å². The van der Waals surface area contributed by atoms with E-state index in [0.717, 1.165) is 24.9 Å². The standard InChI is InChI=1S/C10H18N2O/c1-7-4-9(5-7)12-8-2-3-10(13)11-6-8/h7-9,12H,2-6H2,1H3,(H,11,13). The van der Waals surface area contributed by atoms with Crippen LogP contribution in [0.2, 0.25) is 0 Å². The smallest absolute Gasteiger partial charge is 0.220 e. The summed E-state index contributed by atoms with van der Waals surface area (Å²) in [6.45, 7) is 3.12. The van der Waals surface area contributed by atoms with Crippen LogP contribution in [0.25, 0.3) is 0 Å². The molecule has 3 heteroatoms. The maximum atomic E-state index is 10.9. The Morgan fingerprint density at radius 3 is 2.69 bits per heavy atom. The molecule has 2 rings (SSSR count). The molecule has 13 heavy (non-hydrogen) atoms. The van der Waals surface area contributed by atoms with Crippen molar-refractivity contribution in [3.63, 3.8) is 0 Å². The molecule has 1 unspecified atom stereocenters. The van der Waals surface area contributed by atoms with Gasteiger partial charge in [-0.1, -0.05) is 6.92 Å². The maximum absolute atomic E-state index is 10.9. The summed E-state index contributed by atoms with van der Waals surface area (Å²) >= 11 is 0. The van der Waals surface area contributed by atoms with Gasteiger partial charge in [-0.15, -0.1) is 0 Å². The maximum Gasteiger partial charge on any atom is 0.220 e. The Morgan fingerprint density at radius 2 is 2.15 bits per heavy atom. The van der Waals surface area contributed by atoms with Gasteiger partial charge in [0.1, 0.15) is 0 Å². The number of nitrogens with one attached hydrogen (secondary N) is 2. The number of carbonyl (C=O) groups is 1. The molecule has 2 fully saturated rings. The van der Waals surface area contributed by atoms with Crippen LogP contribution in [-0.4, -0.2) is 24.5 Å². The van der Waals surface area contributed by atoms with Crippen molar-refractivity contribution < 1.29 is 4.79 Å². The SMILES string of the molecule is CC1CC(NC2CCC(=O)NC2)C1. The Kier molecular flexibility index (Phi) is 2.54. The van der Waals surface area contributed by atoms with E-state index in [1.807, 2.05) is 0 Å². The van der Waals surface area contributed by atoms with Crippen LogP contribution in [0, 0.1) is 5.92 Å². The number of rotatable bonds is 2. The molecule has 0 bridgehead atoms. The van der Waals surface area contributed by atoms with Crippen LogP contribution >= 0.6 is 0 Å². The first-order valence-corrected chi connectivity index (χ1v) is 5.27. The van der Waals surface area contributed by atoms with Crippen LogP contribution in [0.5, 0.6) is 0 Å². The molecule has 0 spiro atoms. The van der Waals surface area contributed by atoms with Gasteiger partial charge in [0.05, 0.1) is 0 Å². The Labute approximate surface area is 79.3 Å². The number of hydrogen-bond donors (Lipinski definition) is 2. The van der Waals surface area contributed by atoms with Crippen molar-refractivity contribution in [1.29, 1.82) is 0 Å². The first-order valence-electron chi connectivity index (χ1n) is 5.27. The summed E-state index contributed by atoms with van der Waals surface area (Å²) in [5.74, 6) is 1.11. The molecule has 0 radical (unpaired) electrons. The second-order valence-corrected chi connectivity index (χ2v) is 4.48. The number of amides is 1. The van der Waals surface area contributed by atoms with Gasteiger partial charge >= 0.3 is 0 Å². The molecule has 2 aliphatic rings. The van der Waals surface area contributed by atoms with Crippen LogP contribution in [0.4, 0.5) is 0 Å². The fraction of sp³-hybridized carbons (Fsp3) is 0.900. The largest absolute Gasteiger partial charge is 0.355 e. The zero-order valence-electron chi connectivity index (χ0n) is 8.18. The van der Waals surface area contributed by atoms with Crippen molar-refractivity contribution in [2.24, 2.45) is 5.92 Å². The highest BCUT2D eigenvalue weighted by molar-refractivity contribution is 5.76. The summed E-state index contributed by atoms with van der Waals surface area (Å²) in [5.41, 5.74) is 0. The van der Waals surface area contributed by atoms with Crippen molar-refractivity contribution in [2.45, 2.75) is 44.7 Å². The normalized spacial score (nSPS) is 39.5. The lowest BCUT2D eigenvalue weighted by Gasteiger charge is -2.37. The monoisotopic (exact) mass is 182 g/mol. The summed E-state index contributed by atoms with van der Waals surface area (Å²) in [4.78, 5) is 10.9. The van der Waals surface area contributed by atoms with E-state index >= 15 is 0 Å². The predicted molar refractivity (Wildman–Crippen MR) is 51.4 cm³/mol. The van der Waals surface area contributed by atoms with Crippen molar-refractivity contribution in [1.82, 2.24) is 10.6 Å². The van der Waals surface area contributed by atoms with Crippen molar-refractivity contribution in [3.05, 3.63) is 0 Å². The van der Waals surface area contributed by atoms with Crippen molar-refractivity contribution in [2.75, 3.05) is 6.54 Å². The Morgan fingerprint density at radius 1 is 1.38 bits per heavy atom. The number of piperidine rings is 1. The molecule has 3 nitrogen and oxygen atoms in total. The van der Waals surface area contributed by atoms with E-state index in [2.05, 4.69) is 17.6 Å². The van der Waals surface area contributed by atoms with E-state index in [1.54, 1.807) is 0 Å². The second-order valence-electron chi connectivity index (χ2n) is 4.48. The third kappa shape index (κ3) is 2.21. The lowest BCUT2D eigenvalue weighted by Crippen LogP contribution is -2.52. The summed E-state index contributed by atoms with van der Waals surface area (Å²) in [5, 5.41) is 6.49. The third-order valence-electron chi connectivity index (χ3n) is 3.11. The van der Waals surface area contributed by atoms with E-state index in [-0.39, 0.29) is 5.91 Å². The van der Waals surface area contributed by atoms with Gasteiger partial charge in [0, 0.05) is 25.0 Å². The summed E-state index contributed by atoms with van der Waals surface area (Å²) in [6, 6.07) is 1.24. The Hall–Kier alpha value is -0.570. The minimum absolute atomic E-state index is 0.208. The molecule has 0 aromatic carbocycles. The van der Waals surface area contributed by atoms with Crippen molar-refractivity contribution >= 4 is 5.91 Å². The summed E-state index contributed by atoms with van der Waals surface area (Å²) in [6.07, 6.45) is 4.32. The highest BCUT2D eigenvalue weighted by atomic mass is 16.1. The Balaban J connectivity index is 1.68. The van der Waals surface area contributed by atoms with Gasteiger partial charge in [-0.2, -0.15) is 0 Å². The highest BCUT2D eigenvalue weighted by Crippen LogP contribution is 2.27. The molecule has 1 saturated heterocycles. The van der Waals surface area contributed by atoms with E-state index in [0.29, 0.717) is 12.5 Å². The fourth-order valence-corrected chi connectivity index (χ4v) is 2.25. The lowest BCUT2D eigenvalue weighted by molar-refractivity contribution is -0.122. The topological polar surface area (TPSA) is 41.1 Å². The zero-order chi connectivity index (χ0) is 9.26. The molecule has 2 N–H and O–H groups in total. The molecule has 1 aliphatic heterocycles. The minimum atomic E-state index is 0.208. The highest BCUT2D eigenvalue weighted by Gasteiger charge is 2.28. The molecule has 1 saturated carbocycles. The van der Waals surface area contributed by atoms with Gasteiger partial charge in [-0.3, -0.25) is 4.79 Å². The minimum Gasteiger partial charge on any atom is -0.355 e. The van der Waals surface area contributed by atoms with E-state index in [9.17, 15) is 4.79 Å². The van der Waals surface area contributed by atoms with Gasteiger partial charge in [0.2, 0.25) is 5.91 Å². The first-order chi connectivity index (χ1) is 6.24. The first kappa shape index (κ1) is 9.00. The molecular formula is C10H18N2O. The van der Waals surface area contributed by atoms with E-state index in [1.165, 1.54) is 12.8 Å².